The molecule has 1 aromatic carbocycles. The van der Waals surface area contributed by atoms with Crippen molar-refractivity contribution in [1.29, 1.82) is 0 Å². The van der Waals surface area contributed by atoms with Crippen LogP contribution in [0, 0.1) is 13.8 Å². The van der Waals surface area contributed by atoms with Gasteiger partial charge in [-0.3, -0.25) is 9.69 Å². The molecule has 1 aliphatic rings. The first kappa shape index (κ1) is 17.3. The number of nitrogens with zero attached hydrogens (tertiary/aromatic N) is 2. The monoisotopic (exact) mass is 376 g/mol. The van der Waals surface area contributed by atoms with E-state index in [1.165, 1.54) is 11.8 Å². The van der Waals surface area contributed by atoms with E-state index < -0.39 is 0 Å². The number of carbonyl (C=O) groups excluding carboxylic acids is 1. The summed E-state index contributed by atoms with van der Waals surface area (Å²) in [6.07, 6.45) is 1.92. The van der Waals surface area contributed by atoms with Gasteiger partial charge in [0.15, 0.2) is 0 Å². The zero-order chi connectivity index (χ0) is 17.4. The van der Waals surface area contributed by atoms with Crippen LogP contribution in [0.15, 0.2) is 35.2 Å². The van der Waals surface area contributed by atoms with Crippen molar-refractivity contribution in [3.63, 3.8) is 0 Å². The molecule has 0 radical (unpaired) electrons. The maximum Gasteiger partial charge on any atom is 0.266 e. The highest BCUT2D eigenvalue weighted by molar-refractivity contribution is 8.26. The molecule has 3 rings (SSSR count). The predicted molar refractivity (Wildman–Crippen MR) is 106 cm³/mol. The molecule has 0 N–H and O–H groups in total. The Morgan fingerprint density at radius 1 is 1.29 bits per heavy atom. The number of halogens is 1. The number of rotatable bonds is 3. The summed E-state index contributed by atoms with van der Waals surface area (Å²) < 4.78 is 2.73. The molecule has 3 nitrogen and oxygen atoms in total. The quantitative estimate of drug-likeness (QED) is 0.558. The Bertz CT molecular complexity index is 870. The first-order valence-corrected chi connectivity index (χ1v) is 9.23. The van der Waals surface area contributed by atoms with Gasteiger partial charge in [-0.15, -0.1) is 0 Å². The van der Waals surface area contributed by atoms with Gasteiger partial charge in [0, 0.05) is 17.9 Å². The van der Waals surface area contributed by atoms with E-state index in [0.29, 0.717) is 20.8 Å². The van der Waals surface area contributed by atoms with Gasteiger partial charge in [0.2, 0.25) is 0 Å². The van der Waals surface area contributed by atoms with Crippen LogP contribution in [0.25, 0.3) is 11.8 Å². The third-order valence-corrected chi connectivity index (χ3v) is 5.74. The van der Waals surface area contributed by atoms with E-state index in [0.717, 1.165) is 22.6 Å². The smallest absolute Gasteiger partial charge is 0.266 e. The summed E-state index contributed by atoms with van der Waals surface area (Å²) in [6, 6.07) is 9.81. The molecule has 124 valence electrons. The lowest BCUT2D eigenvalue weighted by molar-refractivity contribution is -0.121. The number of aryl methyl sites for hydroxylation is 1. The molecular weight excluding hydrogens is 360 g/mol. The van der Waals surface area contributed by atoms with Crippen LogP contribution in [-0.4, -0.2) is 26.2 Å². The molecule has 1 fully saturated rings. The highest BCUT2D eigenvalue weighted by atomic mass is 35.5. The summed E-state index contributed by atoms with van der Waals surface area (Å²) in [6.45, 7) is 6.59. The fourth-order valence-electron chi connectivity index (χ4n) is 2.85. The van der Waals surface area contributed by atoms with Gasteiger partial charge in [-0.05, 0) is 50.6 Å². The van der Waals surface area contributed by atoms with Crippen molar-refractivity contribution in [3.8, 4) is 5.69 Å². The van der Waals surface area contributed by atoms with Gasteiger partial charge in [-0.2, -0.15) is 0 Å². The van der Waals surface area contributed by atoms with Gasteiger partial charge >= 0.3 is 0 Å². The van der Waals surface area contributed by atoms with Gasteiger partial charge < -0.3 is 4.57 Å². The lowest BCUT2D eigenvalue weighted by Gasteiger charge is -2.11. The van der Waals surface area contributed by atoms with Crippen molar-refractivity contribution in [3.05, 3.63) is 57.2 Å². The average molecular weight is 377 g/mol. The van der Waals surface area contributed by atoms with Crippen LogP contribution in [0.3, 0.4) is 0 Å². The lowest BCUT2D eigenvalue weighted by atomic mass is 10.2. The van der Waals surface area contributed by atoms with Crippen LogP contribution in [0.4, 0.5) is 0 Å². The zero-order valence-corrected chi connectivity index (χ0v) is 16.1. The minimum absolute atomic E-state index is 0.0185. The number of aromatic nitrogens is 1. The molecule has 1 amide bonds. The standard InChI is InChI=1S/C18H17ClN2OS2/c1-4-20-17(22)16(24-18(20)23)10-13-9-11(2)21(12(13)3)15-8-6-5-7-14(15)19/h5-10H,4H2,1-3H3/b16-10+. The third-order valence-electron chi connectivity index (χ3n) is 4.04. The summed E-state index contributed by atoms with van der Waals surface area (Å²) >= 11 is 13.0. The Labute approximate surface area is 156 Å². The van der Waals surface area contributed by atoms with E-state index in [1.807, 2.05) is 51.1 Å². The molecule has 1 aliphatic heterocycles. The lowest BCUT2D eigenvalue weighted by Crippen LogP contribution is -2.27. The van der Waals surface area contributed by atoms with Crippen molar-refractivity contribution < 1.29 is 4.79 Å². The molecule has 2 heterocycles. The molecule has 0 atom stereocenters. The van der Waals surface area contributed by atoms with Gasteiger partial charge in [0.1, 0.15) is 4.32 Å². The van der Waals surface area contributed by atoms with Gasteiger partial charge in [-0.25, -0.2) is 0 Å². The molecule has 6 heteroatoms. The minimum atomic E-state index is -0.0185. The second-order valence-electron chi connectivity index (χ2n) is 5.54. The number of hydrogen-bond donors (Lipinski definition) is 0. The summed E-state index contributed by atoms with van der Waals surface area (Å²) in [7, 11) is 0. The van der Waals surface area contributed by atoms with E-state index in [2.05, 4.69) is 10.6 Å². The molecule has 0 unspecified atom stereocenters. The van der Waals surface area contributed by atoms with Crippen LogP contribution in [0.2, 0.25) is 5.02 Å². The maximum atomic E-state index is 12.4. The highest BCUT2D eigenvalue weighted by Crippen LogP contribution is 2.34. The normalized spacial score (nSPS) is 16.5. The van der Waals surface area contributed by atoms with E-state index in [9.17, 15) is 4.79 Å². The van der Waals surface area contributed by atoms with Crippen LogP contribution >= 0.6 is 35.6 Å². The SMILES string of the molecule is CCN1C(=O)/C(=C\c2cc(C)n(-c3ccccc3Cl)c2C)SC1=S. The first-order valence-electron chi connectivity index (χ1n) is 7.63. The molecule has 1 aromatic heterocycles. The number of thiocarbonyl (C=S) groups is 1. The summed E-state index contributed by atoms with van der Waals surface area (Å²) in [4.78, 5) is 14.7. The largest absolute Gasteiger partial charge is 0.316 e. The minimum Gasteiger partial charge on any atom is -0.316 e. The van der Waals surface area contributed by atoms with Gasteiger partial charge in [0.05, 0.1) is 15.6 Å². The van der Waals surface area contributed by atoms with Gasteiger partial charge in [0.25, 0.3) is 5.91 Å². The number of likely N-dealkylation sites (N-methyl/N-ethyl adjacent to an activating group) is 1. The number of carbonyl (C=O) groups is 1. The zero-order valence-electron chi connectivity index (χ0n) is 13.7. The summed E-state index contributed by atoms with van der Waals surface area (Å²) in [5.41, 5.74) is 4.05. The second-order valence-corrected chi connectivity index (χ2v) is 7.62. The van der Waals surface area contributed by atoms with Crippen molar-refractivity contribution in [1.82, 2.24) is 9.47 Å². The molecule has 0 bridgehead atoms. The van der Waals surface area contributed by atoms with E-state index in [4.69, 9.17) is 23.8 Å². The third kappa shape index (κ3) is 2.92. The Kier molecular flexibility index (Phi) is 4.85. The Hall–Kier alpha value is -1.56. The Balaban J connectivity index is 2.05. The summed E-state index contributed by atoms with van der Waals surface area (Å²) in [5, 5.41) is 0.697. The fourth-order valence-corrected chi connectivity index (χ4v) is 4.45. The number of amides is 1. The number of benzene rings is 1. The van der Waals surface area contributed by atoms with E-state index in [-0.39, 0.29) is 5.91 Å². The molecule has 0 spiro atoms. The van der Waals surface area contributed by atoms with E-state index in [1.54, 1.807) is 4.90 Å². The number of hydrogen-bond acceptors (Lipinski definition) is 3. The molecule has 1 saturated heterocycles. The number of para-hydroxylation sites is 1. The molecule has 24 heavy (non-hydrogen) atoms. The van der Waals surface area contributed by atoms with Crippen LogP contribution in [-0.2, 0) is 4.79 Å². The van der Waals surface area contributed by atoms with Crippen molar-refractivity contribution >= 4 is 51.9 Å². The fraction of sp³-hybridized carbons (Fsp3) is 0.222. The number of thioether (sulfide) groups is 1. The molecule has 0 aliphatic carbocycles. The average Bonchev–Trinajstić information content (AvgIpc) is 2.97. The molecular formula is C18H17ClN2OS2. The second kappa shape index (κ2) is 6.75. The van der Waals surface area contributed by atoms with Crippen LogP contribution < -0.4 is 0 Å². The predicted octanol–water partition coefficient (Wildman–Crippen LogP) is 4.97. The van der Waals surface area contributed by atoms with Gasteiger partial charge in [-0.1, -0.05) is 47.7 Å². The highest BCUT2D eigenvalue weighted by Gasteiger charge is 2.30. The van der Waals surface area contributed by atoms with Crippen molar-refractivity contribution in [2.75, 3.05) is 6.54 Å². The molecule has 0 saturated carbocycles. The van der Waals surface area contributed by atoms with Crippen molar-refractivity contribution in [2.45, 2.75) is 20.8 Å². The Morgan fingerprint density at radius 2 is 2.00 bits per heavy atom. The summed E-state index contributed by atoms with van der Waals surface area (Å²) in [5.74, 6) is -0.0185. The Morgan fingerprint density at radius 3 is 2.62 bits per heavy atom. The molecule has 2 aromatic rings. The topological polar surface area (TPSA) is 25.2 Å². The van der Waals surface area contributed by atoms with Crippen molar-refractivity contribution in [2.24, 2.45) is 0 Å². The van der Waals surface area contributed by atoms with Crippen LogP contribution in [0.5, 0.6) is 0 Å². The van der Waals surface area contributed by atoms with E-state index >= 15 is 0 Å². The maximum absolute atomic E-state index is 12.4. The van der Waals surface area contributed by atoms with Crippen LogP contribution in [0.1, 0.15) is 23.9 Å². The first-order chi connectivity index (χ1) is 11.4.